The number of hydrogen-bond donors (Lipinski definition) is 1. The van der Waals surface area contributed by atoms with Gasteiger partial charge in [-0.15, -0.1) is 0 Å². The van der Waals surface area contributed by atoms with E-state index < -0.39 is 0 Å². The van der Waals surface area contributed by atoms with Gasteiger partial charge in [0.05, 0.1) is 30.3 Å². The van der Waals surface area contributed by atoms with Crippen molar-refractivity contribution in [2.24, 2.45) is 0 Å². The topological polar surface area (TPSA) is 82.4 Å². The molecule has 0 spiro atoms. The minimum absolute atomic E-state index is 0.0570. The molecule has 0 aromatic heterocycles. The molecule has 24 heavy (non-hydrogen) atoms. The number of rotatable bonds is 2. The predicted molar refractivity (Wildman–Crippen MR) is 89.1 cm³/mol. The van der Waals surface area contributed by atoms with E-state index in [1.165, 1.54) is 4.90 Å². The number of ether oxygens (including phenoxy) is 1. The van der Waals surface area contributed by atoms with E-state index in [4.69, 9.17) is 10.00 Å². The minimum Gasteiger partial charge on any atom is -0.491 e. The second-order valence-electron chi connectivity index (χ2n) is 5.38. The van der Waals surface area contributed by atoms with E-state index in [0.29, 0.717) is 41.3 Å². The molecule has 6 heteroatoms. The van der Waals surface area contributed by atoms with Gasteiger partial charge in [-0.1, -0.05) is 0 Å². The molecule has 1 heterocycles. The number of carbonyl (C=O) groups is 2. The van der Waals surface area contributed by atoms with E-state index in [0.717, 1.165) is 0 Å². The lowest BCUT2D eigenvalue weighted by atomic mass is 10.1. The normalized spacial score (nSPS) is 13.3. The molecule has 0 unspecified atom stereocenters. The second-order valence-corrected chi connectivity index (χ2v) is 5.38. The van der Waals surface area contributed by atoms with Gasteiger partial charge in [0.25, 0.3) is 5.91 Å². The van der Waals surface area contributed by atoms with E-state index in [1.54, 1.807) is 49.5 Å². The van der Waals surface area contributed by atoms with Crippen LogP contribution in [0.3, 0.4) is 0 Å². The van der Waals surface area contributed by atoms with Gasteiger partial charge in [-0.3, -0.25) is 9.59 Å². The van der Waals surface area contributed by atoms with Crippen molar-refractivity contribution in [2.45, 2.75) is 6.42 Å². The summed E-state index contributed by atoms with van der Waals surface area (Å²) < 4.78 is 5.54. The molecule has 0 radical (unpaired) electrons. The van der Waals surface area contributed by atoms with Gasteiger partial charge >= 0.3 is 0 Å². The third-order valence-corrected chi connectivity index (χ3v) is 3.80. The highest BCUT2D eigenvalue weighted by Crippen LogP contribution is 2.31. The van der Waals surface area contributed by atoms with E-state index in [2.05, 4.69) is 5.32 Å². The number of amides is 2. The van der Waals surface area contributed by atoms with Crippen LogP contribution in [0.15, 0.2) is 42.5 Å². The van der Waals surface area contributed by atoms with Crippen molar-refractivity contribution in [1.29, 1.82) is 5.26 Å². The Labute approximate surface area is 139 Å². The smallest absolute Gasteiger partial charge is 0.255 e. The average molecular weight is 321 g/mol. The van der Waals surface area contributed by atoms with Gasteiger partial charge < -0.3 is 15.0 Å². The first-order valence-corrected chi connectivity index (χ1v) is 7.43. The second kappa shape index (κ2) is 6.42. The summed E-state index contributed by atoms with van der Waals surface area (Å²) in [5.74, 6) is 0.226. The van der Waals surface area contributed by atoms with Crippen LogP contribution in [0.5, 0.6) is 5.75 Å². The zero-order chi connectivity index (χ0) is 17.1. The Morgan fingerprint density at radius 3 is 2.71 bits per heavy atom. The fourth-order valence-corrected chi connectivity index (χ4v) is 2.42. The maximum Gasteiger partial charge on any atom is 0.255 e. The minimum atomic E-state index is -0.299. The van der Waals surface area contributed by atoms with Gasteiger partial charge in [0.15, 0.2) is 0 Å². The fraction of sp³-hybridized carbons (Fsp3) is 0.167. The summed E-state index contributed by atoms with van der Waals surface area (Å²) in [6.07, 6.45) is 0.304. The predicted octanol–water partition coefficient (Wildman–Crippen LogP) is 2.56. The van der Waals surface area contributed by atoms with Crippen LogP contribution in [0.25, 0.3) is 0 Å². The number of benzene rings is 2. The SMILES string of the molecule is CN1C(=O)CCOc2ccc(C(=O)Nc3ccc(C#N)cc3)cc21. The zero-order valence-electron chi connectivity index (χ0n) is 13.1. The summed E-state index contributed by atoms with van der Waals surface area (Å²) in [5, 5.41) is 11.6. The summed E-state index contributed by atoms with van der Waals surface area (Å²) in [6, 6.07) is 13.6. The largest absolute Gasteiger partial charge is 0.491 e. The van der Waals surface area contributed by atoms with Crippen molar-refractivity contribution in [3.63, 3.8) is 0 Å². The van der Waals surface area contributed by atoms with Crippen LogP contribution < -0.4 is 15.0 Å². The molecule has 2 amide bonds. The van der Waals surface area contributed by atoms with Gasteiger partial charge in [0.1, 0.15) is 5.75 Å². The Morgan fingerprint density at radius 1 is 1.25 bits per heavy atom. The first kappa shape index (κ1) is 15.6. The molecule has 0 fully saturated rings. The van der Waals surface area contributed by atoms with Gasteiger partial charge in [0.2, 0.25) is 5.91 Å². The summed E-state index contributed by atoms with van der Waals surface area (Å²) in [5.41, 5.74) is 2.11. The van der Waals surface area contributed by atoms with Crippen LogP contribution in [0, 0.1) is 11.3 Å². The number of carbonyl (C=O) groups excluding carboxylic acids is 2. The molecule has 120 valence electrons. The molecule has 1 aliphatic heterocycles. The summed E-state index contributed by atoms with van der Waals surface area (Å²) in [4.78, 5) is 25.8. The van der Waals surface area contributed by atoms with Crippen LogP contribution in [0.1, 0.15) is 22.3 Å². The van der Waals surface area contributed by atoms with Crippen molar-refractivity contribution in [3.05, 3.63) is 53.6 Å². The van der Waals surface area contributed by atoms with Crippen LogP contribution >= 0.6 is 0 Å². The molecular formula is C18H15N3O3. The van der Waals surface area contributed by atoms with Crippen LogP contribution in [0.4, 0.5) is 11.4 Å². The van der Waals surface area contributed by atoms with Crippen molar-refractivity contribution in [3.8, 4) is 11.8 Å². The van der Waals surface area contributed by atoms with Crippen LogP contribution in [0.2, 0.25) is 0 Å². The lowest BCUT2D eigenvalue weighted by Crippen LogP contribution is -2.25. The third-order valence-electron chi connectivity index (χ3n) is 3.80. The Bertz CT molecular complexity index is 838. The van der Waals surface area contributed by atoms with Crippen molar-refractivity contribution >= 4 is 23.2 Å². The highest BCUT2D eigenvalue weighted by molar-refractivity contribution is 6.06. The number of hydrogen-bond acceptors (Lipinski definition) is 4. The van der Waals surface area contributed by atoms with Crippen molar-refractivity contribution in [2.75, 3.05) is 23.9 Å². The Hall–Kier alpha value is -3.33. The maximum atomic E-state index is 12.4. The molecule has 6 nitrogen and oxygen atoms in total. The molecular weight excluding hydrogens is 306 g/mol. The van der Waals surface area contributed by atoms with Gasteiger partial charge in [0, 0.05) is 18.3 Å². The van der Waals surface area contributed by atoms with Crippen molar-refractivity contribution in [1.82, 2.24) is 0 Å². The van der Waals surface area contributed by atoms with E-state index in [1.807, 2.05) is 6.07 Å². The number of nitriles is 1. The van der Waals surface area contributed by atoms with E-state index in [9.17, 15) is 9.59 Å². The van der Waals surface area contributed by atoms with E-state index >= 15 is 0 Å². The lowest BCUT2D eigenvalue weighted by molar-refractivity contribution is -0.118. The van der Waals surface area contributed by atoms with Gasteiger partial charge in [-0.05, 0) is 42.5 Å². The average Bonchev–Trinajstić information content (AvgIpc) is 2.74. The quantitative estimate of drug-likeness (QED) is 0.921. The highest BCUT2D eigenvalue weighted by Gasteiger charge is 2.21. The molecule has 0 atom stereocenters. The third kappa shape index (κ3) is 3.06. The Balaban J connectivity index is 1.84. The number of fused-ring (bicyclic) bond motifs is 1. The molecule has 0 bridgehead atoms. The number of anilines is 2. The fourth-order valence-electron chi connectivity index (χ4n) is 2.42. The summed E-state index contributed by atoms with van der Waals surface area (Å²) in [6.45, 7) is 0.326. The first-order chi connectivity index (χ1) is 11.6. The van der Waals surface area contributed by atoms with Gasteiger partial charge in [-0.2, -0.15) is 5.26 Å². The van der Waals surface area contributed by atoms with Crippen LogP contribution in [-0.4, -0.2) is 25.5 Å². The molecule has 0 saturated heterocycles. The van der Waals surface area contributed by atoms with Gasteiger partial charge in [-0.25, -0.2) is 0 Å². The molecule has 0 aliphatic carbocycles. The molecule has 1 N–H and O–H groups in total. The molecule has 3 rings (SSSR count). The number of nitrogens with one attached hydrogen (secondary N) is 1. The lowest BCUT2D eigenvalue weighted by Gasteiger charge is -2.17. The first-order valence-electron chi connectivity index (χ1n) is 7.43. The Kier molecular flexibility index (Phi) is 4.17. The summed E-state index contributed by atoms with van der Waals surface area (Å²) in [7, 11) is 1.66. The monoisotopic (exact) mass is 321 g/mol. The highest BCUT2D eigenvalue weighted by atomic mass is 16.5. The molecule has 1 aliphatic rings. The summed E-state index contributed by atoms with van der Waals surface area (Å²) >= 11 is 0. The van der Waals surface area contributed by atoms with Crippen molar-refractivity contribution < 1.29 is 14.3 Å². The zero-order valence-corrected chi connectivity index (χ0v) is 13.1. The molecule has 2 aromatic rings. The maximum absolute atomic E-state index is 12.4. The standard InChI is InChI=1S/C18H15N3O3/c1-21-15-10-13(4-7-16(15)24-9-8-17(21)22)18(23)20-14-5-2-12(11-19)3-6-14/h2-7,10H,8-9H2,1H3,(H,20,23). The van der Waals surface area contributed by atoms with Crippen LogP contribution in [-0.2, 0) is 4.79 Å². The Morgan fingerprint density at radius 2 is 2.00 bits per heavy atom. The molecule has 2 aromatic carbocycles. The van der Waals surface area contributed by atoms with E-state index in [-0.39, 0.29) is 11.8 Å². The molecule has 0 saturated carbocycles. The number of nitrogens with zero attached hydrogens (tertiary/aromatic N) is 2.